The van der Waals surface area contributed by atoms with Crippen molar-refractivity contribution in [1.29, 1.82) is 0 Å². The highest BCUT2D eigenvalue weighted by Crippen LogP contribution is 2.33. The van der Waals surface area contributed by atoms with Crippen LogP contribution in [0.1, 0.15) is 22.9 Å². The van der Waals surface area contributed by atoms with Crippen LogP contribution < -0.4 is 4.72 Å². The van der Waals surface area contributed by atoms with Crippen LogP contribution in [0.5, 0.6) is 0 Å². The molecule has 0 aliphatic carbocycles. The Morgan fingerprint density at radius 1 is 1.44 bits per heavy atom. The van der Waals surface area contributed by atoms with Crippen LogP contribution in [0.4, 0.5) is 8.78 Å². The van der Waals surface area contributed by atoms with Crippen molar-refractivity contribution in [2.24, 2.45) is 0 Å². The number of hydrogen-bond donors (Lipinski definition) is 2. The van der Waals surface area contributed by atoms with Crippen molar-refractivity contribution in [3.63, 3.8) is 0 Å². The molecule has 0 bridgehead atoms. The Kier molecular flexibility index (Phi) is 4.50. The van der Waals surface area contributed by atoms with Crippen molar-refractivity contribution in [2.45, 2.75) is 25.3 Å². The molecule has 0 spiro atoms. The lowest BCUT2D eigenvalue weighted by molar-refractivity contribution is -0.118. The van der Waals surface area contributed by atoms with Gasteiger partial charge in [0.15, 0.2) is 4.77 Å². The van der Waals surface area contributed by atoms with Crippen molar-refractivity contribution in [2.75, 3.05) is 6.26 Å². The molecule has 1 aromatic heterocycles. The van der Waals surface area contributed by atoms with Gasteiger partial charge in [0, 0.05) is 23.9 Å². The minimum atomic E-state index is -3.65. The number of carbonyl (C=O) groups is 1. The van der Waals surface area contributed by atoms with Gasteiger partial charge >= 0.3 is 0 Å². The molecule has 0 unspecified atom stereocenters. The van der Waals surface area contributed by atoms with Gasteiger partial charge in [-0.3, -0.25) is 9.52 Å². The summed E-state index contributed by atoms with van der Waals surface area (Å²) in [5, 5.41) is 0. The van der Waals surface area contributed by atoms with Gasteiger partial charge in [0.25, 0.3) is 0 Å². The van der Waals surface area contributed by atoms with Crippen LogP contribution in [-0.2, 0) is 34.2 Å². The first-order valence-corrected chi connectivity index (χ1v) is 9.70. The fourth-order valence-corrected chi connectivity index (χ4v) is 3.88. The average Bonchev–Trinajstić information content (AvgIpc) is 3.02. The van der Waals surface area contributed by atoms with E-state index < -0.39 is 27.6 Å². The summed E-state index contributed by atoms with van der Waals surface area (Å²) in [5.41, 5.74) is 1.43. The van der Waals surface area contributed by atoms with Crippen LogP contribution in [0.25, 0.3) is 0 Å². The van der Waals surface area contributed by atoms with E-state index in [2.05, 4.69) is 4.98 Å². The number of halogens is 2. The van der Waals surface area contributed by atoms with E-state index in [1.54, 1.807) is 4.57 Å². The molecule has 6 nitrogen and oxygen atoms in total. The molecule has 3 rings (SSSR count). The zero-order valence-electron chi connectivity index (χ0n) is 13.2. The van der Waals surface area contributed by atoms with Crippen LogP contribution in [0.15, 0.2) is 18.2 Å². The molecule has 1 aromatic carbocycles. The number of hydrogen-bond acceptors (Lipinski definition) is 4. The maximum Gasteiger partial charge on any atom is 0.239 e. The zero-order chi connectivity index (χ0) is 18.4. The van der Waals surface area contributed by atoms with Gasteiger partial charge in [-0.25, -0.2) is 17.2 Å². The third-order valence-corrected chi connectivity index (χ3v) is 4.98. The van der Waals surface area contributed by atoms with Crippen LogP contribution in [0.3, 0.4) is 0 Å². The van der Waals surface area contributed by atoms with Crippen molar-refractivity contribution in [3.8, 4) is 0 Å². The lowest BCUT2D eigenvalue weighted by Gasteiger charge is -2.11. The van der Waals surface area contributed by atoms with Gasteiger partial charge in [-0.15, -0.1) is 0 Å². The molecule has 1 aliphatic heterocycles. The zero-order valence-corrected chi connectivity index (χ0v) is 14.8. The normalized spacial score (nSPS) is 16.7. The van der Waals surface area contributed by atoms with E-state index in [4.69, 9.17) is 12.2 Å². The Hall–Kier alpha value is -2.07. The number of imidazole rings is 1. The van der Waals surface area contributed by atoms with Crippen LogP contribution in [0.2, 0.25) is 0 Å². The third-order valence-electron chi connectivity index (χ3n) is 4.05. The molecular weight excluding hydrogens is 372 g/mol. The predicted molar refractivity (Wildman–Crippen MR) is 89.1 cm³/mol. The molecule has 10 heteroatoms. The number of benzene rings is 1. The molecule has 2 aromatic rings. The van der Waals surface area contributed by atoms with E-state index in [1.165, 1.54) is 0 Å². The number of aromatic amines is 1. The molecule has 0 radical (unpaired) electrons. The smallest absolute Gasteiger partial charge is 0.239 e. The van der Waals surface area contributed by atoms with Crippen molar-refractivity contribution >= 4 is 28.1 Å². The van der Waals surface area contributed by atoms with E-state index >= 15 is 0 Å². The number of carbonyl (C=O) groups excluding carboxylic acids is 1. The monoisotopic (exact) mass is 387 g/mol. The van der Waals surface area contributed by atoms with Gasteiger partial charge in [0.2, 0.25) is 15.9 Å². The SMILES string of the molecule is CS(=O)(=O)NC(=O)Cc1[nH]c(=S)n2c1C[C@H](c1cc(F)ccc1F)C2. The molecule has 2 heterocycles. The second kappa shape index (κ2) is 6.34. The number of nitrogens with zero attached hydrogens (tertiary/aromatic N) is 1. The molecular formula is C15H15F2N3O3S2. The second-order valence-electron chi connectivity index (χ2n) is 6.01. The average molecular weight is 387 g/mol. The standard InChI is InChI=1S/C15H15F2N3O3S2/c1-25(22,23)19-14(21)6-12-13-4-8(7-20(13)15(24)18-12)10-5-9(16)2-3-11(10)17/h2-3,5,8H,4,6-7H2,1H3,(H,18,24)(H,19,21)/t8-/m0/s1. The summed E-state index contributed by atoms with van der Waals surface area (Å²) < 4.78 is 53.7. The highest BCUT2D eigenvalue weighted by molar-refractivity contribution is 7.89. The first-order chi connectivity index (χ1) is 11.6. The molecule has 1 aliphatic rings. The molecule has 0 fully saturated rings. The largest absolute Gasteiger partial charge is 0.334 e. The summed E-state index contributed by atoms with van der Waals surface area (Å²) in [4.78, 5) is 14.7. The van der Waals surface area contributed by atoms with Crippen molar-refractivity contribution in [3.05, 3.63) is 51.6 Å². The lowest BCUT2D eigenvalue weighted by Crippen LogP contribution is -2.31. The van der Waals surface area contributed by atoms with Crippen LogP contribution in [0, 0.1) is 16.4 Å². The van der Waals surface area contributed by atoms with E-state index in [1.807, 2.05) is 4.72 Å². The Balaban J connectivity index is 1.86. The fourth-order valence-electron chi connectivity index (χ4n) is 3.08. The number of fused-ring (bicyclic) bond motifs is 1. The second-order valence-corrected chi connectivity index (χ2v) is 8.14. The Morgan fingerprint density at radius 2 is 2.16 bits per heavy atom. The van der Waals surface area contributed by atoms with E-state index in [-0.39, 0.29) is 17.9 Å². The van der Waals surface area contributed by atoms with Crippen molar-refractivity contribution < 1.29 is 22.0 Å². The molecule has 1 atom stereocenters. The summed E-state index contributed by atoms with van der Waals surface area (Å²) in [6.07, 6.45) is 1.06. The van der Waals surface area contributed by atoms with E-state index in [0.29, 0.717) is 29.1 Å². The van der Waals surface area contributed by atoms with Crippen molar-refractivity contribution in [1.82, 2.24) is 14.3 Å². The minimum absolute atomic E-state index is 0.197. The Bertz CT molecular complexity index is 1010. The highest BCUT2D eigenvalue weighted by Gasteiger charge is 2.29. The number of aromatic nitrogens is 2. The number of H-pyrrole nitrogens is 1. The van der Waals surface area contributed by atoms with Gasteiger partial charge in [-0.2, -0.15) is 0 Å². The quantitative estimate of drug-likeness (QED) is 0.784. The minimum Gasteiger partial charge on any atom is -0.334 e. The molecule has 0 saturated carbocycles. The Morgan fingerprint density at radius 3 is 2.84 bits per heavy atom. The summed E-state index contributed by atoms with van der Waals surface area (Å²) in [7, 11) is -3.65. The highest BCUT2D eigenvalue weighted by atomic mass is 32.2. The van der Waals surface area contributed by atoms with Gasteiger partial charge in [-0.05, 0) is 42.4 Å². The topological polar surface area (TPSA) is 84.0 Å². The number of nitrogens with one attached hydrogen (secondary N) is 2. The van der Waals surface area contributed by atoms with Gasteiger partial charge in [0.05, 0.1) is 12.7 Å². The third kappa shape index (κ3) is 3.79. The van der Waals surface area contributed by atoms with Gasteiger partial charge < -0.3 is 9.55 Å². The van der Waals surface area contributed by atoms with Gasteiger partial charge in [0.1, 0.15) is 11.6 Å². The predicted octanol–water partition coefficient (Wildman–Crippen LogP) is 1.78. The number of amides is 1. The first-order valence-electron chi connectivity index (χ1n) is 7.40. The molecule has 0 saturated heterocycles. The summed E-state index contributed by atoms with van der Waals surface area (Å²) in [5.74, 6) is -2.02. The van der Waals surface area contributed by atoms with Crippen LogP contribution >= 0.6 is 12.2 Å². The summed E-state index contributed by atoms with van der Waals surface area (Å²) >= 11 is 5.21. The molecule has 25 heavy (non-hydrogen) atoms. The first kappa shape index (κ1) is 17.7. The number of rotatable bonds is 4. The number of sulfonamides is 1. The van der Waals surface area contributed by atoms with E-state index in [9.17, 15) is 22.0 Å². The lowest BCUT2D eigenvalue weighted by atomic mass is 9.95. The maximum absolute atomic E-state index is 14.0. The van der Waals surface area contributed by atoms with E-state index in [0.717, 1.165) is 24.5 Å². The molecule has 134 valence electrons. The van der Waals surface area contributed by atoms with Gasteiger partial charge in [-0.1, -0.05) is 0 Å². The summed E-state index contributed by atoms with van der Waals surface area (Å²) in [6.45, 7) is 0.360. The van der Waals surface area contributed by atoms with Crippen LogP contribution in [-0.4, -0.2) is 30.1 Å². The molecule has 1 amide bonds. The Labute approximate surface area is 147 Å². The maximum atomic E-state index is 14.0. The fraction of sp³-hybridized carbons (Fsp3) is 0.333. The molecule has 2 N–H and O–H groups in total. The summed E-state index contributed by atoms with van der Waals surface area (Å²) in [6, 6.07) is 3.30.